The first kappa shape index (κ1) is 15.3. The van der Waals surface area contributed by atoms with Crippen LogP contribution in [0, 0.1) is 6.92 Å². The fourth-order valence-corrected chi connectivity index (χ4v) is 2.04. The lowest BCUT2D eigenvalue weighted by atomic mass is 10.1. The van der Waals surface area contributed by atoms with E-state index in [-0.39, 0.29) is 19.0 Å². The van der Waals surface area contributed by atoms with Crippen molar-refractivity contribution in [1.82, 2.24) is 0 Å². The highest BCUT2D eigenvalue weighted by molar-refractivity contribution is 7.12. The highest BCUT2D eigenvalue weighted by Crippen LogP contribution is 2.25. The van der Waals surface area contributed by atoms with Gasteiger partial charge in [-0.3, -0.25) is 0 Å². The number of thiophene rings is 1. The summed E-state index contributed by atoms with van der Waals surface area (Å²) in [4.78, 5) is 12.8. The van der Waals surface area contributed by atoms with Crippen LogP contribution in [-0.4, -0.2) is 18.7 Å². The summed E-state index contributed by atoms with van der Waals surface area (Å²) >= 11 is 1.39. The topological polar surface area (TPSA) is 52.3 Å². The molecule has 6 heteroatoms. The van der Waals surface area contributed by atoms with Gasteiger partial charge < -0.3 is 10.5 Å². The summed E-state index contributed by atoms with van der Waals surface area (Å²) in [5.74, 6) is -0.893. The number of ether oxygens (including phenoxy) is 1. The van der Waals surface area contributed by atoms with E-state index < -0.39 is 18.2 Å². The molecule has 92 valence electrons. The average molecular weight is 268 g/mol. The Morgan fingerprint density at radius 3 is 2.69 bits per heavy atom. The maximum atomic E-state index is 13.5. The van der Waals surface area contributed by atoms with Crippen molar-refractivity contribution in [3.8, 4) is 0 Å². The summed E-state index contributed by atoms with van der Waals surface area (Å²) in [5.41, 5.74) is 5.62. The molecule has 2 atom stereocenters. The number of halogens is 2. The minimum absolute atomic E-state index is 0. The molecule has 0 spiro atoms. The van der Waals surface area contributed by atoms with Gasteiger partial charge in [-0.25, -0.2) is 9.18 Å². The molecule has 1 unspecified atom stereocenters. The molecule has 0 amide bonds. The van der Waals surface area contributed by atoms with Crippen LogP contribution in [0.4, 0.5) is 4.39 Å². The second-order valence-electron chi connectivity index (χ2n) is 3.13. The maximum absolute atomic E-state index is 13.5. The molecule has 1 aromatic heterocycles. The quantitative estimate of drug-likeness (QED) is 0.852. The first-order valence-corrected chi connectivity index (χ1v) is 5.50. The lowest BCUT2D eigenvalue weighted by Crippen LogP contribution is -2.30. The Labute approximate surface area is 104 Å². The summed E-state index contributed by atoms with van der Waals surface area (Å²) in [6.45, 7) is 3.69. The van der Waals surface area contributed by atoms with Gasteiger partial charge in [0.05, 0.1) is 12.6 Å². The maximum Gasteiger partial charge on any atom is 0.342 e. The van der Waals surface area contributed by atoms with E-state index in [2.05, 4.69) is 4.74 Å². The van der Waals surface area contributed by atoms with Crippen molar-refractivity contribution in [3.05, 3.63) is 21.9 Å². The molecular weight excluding hydrogens is 253 g/mol. The number of carbonyl (C=O) groups excluding carboxylic acids is 1. The van der Waals surface area contributed by atoms with Crippen molar-refractivity contribution in [2.75, 3.05) is 6.61 Å². The minimum Gasteiger partial charge on any atom is -0.464 e. The molecule has 1 heterocycles. The number of esters is 1. The van der Waals surface area contributed by atoms with Crippen LogP contribution in [0.25, 0.3) is 0 Å². The second kappa shape index (κ2) is 6.83. The van der Waals surface area contributed by atoms with Crippen molar-refractivity contribution in [3.63, 3.8) is 0 Å². The van der Waals surface area contributed by atoms with E-state index >= 15 is 0 Å². The molecule has 0 aliphatic carbocycles. The number of hydrogen-bond donors (Lipinski definition) is 1. The van der Waals surface area contributed by atoms with Gasteiger partial charge in [-0.05, 0) is 26.0 Å². The molecule has 1 rings (SSSR count). The third-order valence-electron chi connectivity index (χ3n) is 1.92. The van der Waals surface area contributed by atoms with Crippen LogP contribution in [0.5, 0.6) is 0 Å². The van der Waals surface area contributed by atoms with E-state index in [9.17, 15) is 9.18 Å². The molecule has 3 nitrogen and oxygen atoms in total. The third-order valence-corrected chi connectivity index (χ3v) is 3.02. The summed E-state index contributed by atoms with van der Waals surface area (Å²) in [5, 5.41) is 0. The van der Waals surface area contributed by atoms with Crippen LogP contribution in [0.2, 0.25) is 0 Å². The van der Waals surface area contributed by atoms with Gasteiger partial charge in [-0.15, -0.1) is 23.7 Å². The molecule has 0 bridgehead atoms. The summed E-state index contributed by atoms with van der Waals surface area (Å²) < 4.78 is 18.0. The fraction of sp³-hybridized carbons (Fsp3) is 0.500. The van der Waals surface area contributed by atoms with E-state index in [1.54, 1.807) is 13.0 Å². The van der Waals surface area contributed by atoms with Gasteiger partial charge in [0.1, 0.15) is 0 Å². The third kappa shape index (κ3) is 3.73. The lowest BCUT2D eigenvalue weighted by molar-refractivity contribution is -0.149. The zero-order valence-corrected chi connectivity index (χ0v) is 10.7. The first-order chi connectivity index (χ1) is 7.06. The molecule has 0 radical (unpaired) electrons. The Balaban J connectivity index is 0.00000225. The van der Waals surface area contributed by atoms with Gasteiger partial charge in [-0.2, -0.15) is 0 Å². The number of rotatable bonds is 4. The smallest absolute Gasteiger partial charge is 0.342 e. The van der Waals surface area contributed by atoms with E-state index in [0.717, 1.165) is 4.88 Å². The molecule has 0 aliphatic rings. The Morgan fingerprint density at radius 1 is 1.62 bits per heavy atom. The van der Waals surface area contributed by atoms with Gasteiger partial charge in [0.25, 0.3) is 0 Å². The SMILES string of the molecule is CCOC(=O)C(F)[C@H](N)c1ccc(C)s1.Cl. The molecule has 0 aliphatic heterocycles. The van der Waals surface area contributed by atoms with E-state index in [0.29, 0.717) is 4.88 Å². The Morgan fingerprint density at radius 2 is 2.25 bits per heavy atom. The normalized spacial score (nSPS) is 13.8. The first-order valence-electron chi connectivity index (χ1n) is 4.69. The zero-order chi connectivity index (χ0) is 11.4. The lowest BCUT2D eigenvalue weighted by Gasteiger charge is -2.13. The number of carbonyl (C=O) groups is 1. The largest absolute Gasteiger partial charge is 0.464 e. The molecule has 0 fully saturated rings. The fourth-order valence-electron chi connectivity index (χ4n) is 1.15. The number of alkyl halides is 1. The van der Waals surface area contributed by atoms with Crippen LogP contribution in [0.1, 0.15) is 22.7 Å². The molecule has 2 N–H and O–H groups in total. The second-order valence-corrected chi connectivity index (χ2v) is 4.45. The van der Waals surface area contributed by atoms with E-state index in [1.807, 2.05) is 13.0 Å². The molecular formula is C10H15ClFNO2S. The standard InChI is InChI=1S/C10H14FNO2S.ClH/c1-3-14-10(13)8(11)9(12)7-5-4-6(2)15-7;/h4-5,8-9H,3,12H2,1-2H3;1H/t8?,9-;/m1./s1. The molecule has 0 saturated carbocycles. The highest BCUT2D eigenvalue weighted by Gasteiger charge is 2.28. The Hall–Kier alpha value is -0.650. The van der Waals surface area contributed by atoms with Crippen LogP contribution < -0.4 is 5.73 Å². The molecule has 1 aromatic rings. The van der Waals surface area contributed by atoms with Crippen molar-refractivity contribution >= 4 is 29.7 Å². The molecule has 0 aromatic carbocycles. The van der Waals surface area contributed by atoms with Crippen LogP contribution in [-0.2, 0) is 9.53 Å². The summed E-state index contributed by atoms with van der Waals surface area (Å²) in [6, 6.07) is 2.65. The van der Waals surface area contributed by atoms with Crippen LogP contribution >= 0.6 is 23.7 Å². The van der Waals surface area contributed by atoms with Gasteiger partial charge in [0.2, 0.25) is 6.17 Å². The predicted octanol–water partition coefficient (Wildman–Crippen LogP) is 2.38. The highest BCUT2D eigenvalue weighted by atomic mass is 35.5. The van der Waals surface area contributed by atoms with E-state index in [4.69, 9.17) is 5.73 Å². The van der Waals surface area contributed by atoms with Gasteiger partial charge in [-0.1, -0.05) is 0 Å². The summed E-state index contributed by atoms with van der Waals surface area (Å²) in [7, 11) is 0. The van der Waals surface area contributed by atoms with Crippen molar-refractivity contribution < 1.29 is 13.9 Å². The van der Waals surface area contributed by atoms with Crippen LogP contribution in [0.3, 0.4) is 0 Å². The van der Waals surface area contributed by atoms with Gasteiger partial charge >= 0.3 is 5.97 Å². The van der Waals surface area contributed by atoms with Crippen molar-refractivity contribution in [2.45, 2.75) is 26.1 Å². The Kier molecular flexibility index (Phi) is 6.55. The van der Waals surface area contributed by atoms with Gasteiger partial charge in [0, 0.05) is 9.75 Å². The monoisotopic (exact) mass is 267 g/mol. The number of nitrogens with two attached hydrogens (primary N) is 1. The minimum atomic E-state index is -1.79. The number of hydrogen-bond acceptors (Lipinski definition) is 4. The van der Waals surface area contributed by atoms with E-state index in [1.165, 1.54) is 11.3 Å². The van der Waals surface area contributed by atoms with Crippen molar-refractivity contribution in [1.29, 1.82) is 0 Å². The Bertz CT molecular complexity index is 345. The van der Waals surface area contributed by atoms with Crippen molar-refractivity contribution in [2.24, 2.45) is 5.73 Å². The van der Waals surface area contributed by atoms with Crippen LogP contribution in [0.15, 0.2) is 12.1 Å². The molecule has 0 saturated heterocycles. The number of aryl methyl sites for hydroxylation is 1. The average Bonchev–Trinajstić information content (AvgIpc) is 2.63. The summed E-state index contributed by atoms with van der Waals surface area (Å²) in [6.07, 6.45) is -1.79. The predicted molar refractivity (Wildman–Crippen MR) is 64.8 cm³/mol. The molecule has 16 heavy (non-hydrogen) atoms. The zero-order valence-electron chi connectivity index (χ0n) is 9.10. The van der Waals surface area contributed by atoms with Gasteiger partial charge in [0.15, 0.2) is 0 Å².